The number of anilines is 2. The van der Waals surface area contributed by atoms with Gasteiger partial charge in [0.2, 0.25) is 0 Å². The molecule has 0 aliphatic rings. The van der Waals surface area contributed by atoms with Gasteiger partial charge in [-0.1, -0.05) is 76.1 Å². The molecule has 0 unspecified atom stereocenters. The van der Waals surface area contributed by atoms with E-state index in [4.69, 9.17) is 11.6 Å². The second-order valence-corrected chi connectivity index (χ2v) is 10.5. The van der Waals surface area contributed by atoms with Crippen LogP contribution in [0.25, 0.3) is 11.6 Å². The van der Waals surface area contributed by atoms with Gasteiger partial charge in [0.05, 0.1) is 4.90 Å². The summed E-state index contributed by atoms with van der Waals surface area (Å²) in [4.78, 5) is 13.3. The molecule has 0 radical (unpaired) electrons. The predicted octanol–water partition coefficient (Wildman–Crippen LogP) is 7.08. The molecule has 2 N–H and O–H groups in total. The summed E-state index contributed by atoms with van der Waals surface area (Å²) in [5.41, 5.74) is 2.76. The summed E-state index contributed by atoms with van der Waals surface area (Å²) in [5.74, 6) is -0.347. The molecule has 0 bridgehead atoms. The van der Waals surface area contributed by atoms with E-state index < -0.39 is 10.0 Å². The van der Waals surface area contributed by atoms with Gasteiger partial charge in [0.15, 0.2) is 0 Å². The number of carbonyl (C=O) groups is 1. The van der Waals surface area contributed by atoms with Crippen molar-refractivity contribution in [3.63, 3.8) is 0 Å². The third kappa shape index (κ3) is 6.39. The van der Waals surface area contributed by atoms with Gasteiger partial charge >= 0.3 is 0 Å². The van der Waals surface area contributed by atoms with Gasteiger partial charge in [0.25, 0.3) is 15.9 Å². The fourth-order valence-electron chi connectivity index (χ4n) is 3.29. The number of hydrogen-bond donors (Lipinski definition) is 2. The van der Waals surface area contributed by atoms with Crippen LogP contribution >= 0.6 is 27.5 Å². The zero-order chi connectivity index (χ0) is 24.8. The zero-order valence-corrected chi connectivity index (χ0v) is 21.4. The molecular formula is C27H20BrClN2O3S. The van der Waals surface area contributed by atoms with E-state index in [1.165, 1.54) is 12.1 Å². The molecule has 0 aliphatic heterocycles. The molecule has 1 amide bonds. The van der Waals surface area contributed by atoms with E-state index in [2.05, 4.69) is 26.0 Å². The number of nitrogens with one attached hydrogen (secondary N) is 2. The predicted molar refractivity (Wildman–Crippen MR) is 146 cm³/mol. The van der Waals surface area contributed by atoms with E-state index in [0.29, 0.717) is 27.5 Å². The quantitative estimate of drug-likeness (QED) is 0.185. The Bertz CT molecular complexity index is 1470. The van der Waals surface area contributed by atoms with E-state index >= 15 is 0 Å². The van der Waals surface area contributed by atoms with Crippen LogP contribution in [-0.4, -0.2) is 14.3 Å². The third-order valence-corrected chi connectivity index (χ3v) is 7.32. The van der Waals surface area contributed by atoms with Crippen molar-refractivity contribution < 1.29 is 13.2 Å². The molecular weight excluding hydrogens is 548 g/mol. The number of rotatable bonds is 7. The van der Waals surface area contributed by atoms with Gasteiger partial charge in [-0.15, -0.1) is 0 Å². The first kappa shape index (κ1) is 24.7. The summed E-state index contributed by atoms with van der Waals surface area (Å²) in [6, 6.07) is 29.3. The molecule has 35 heavy (non-hydrogen) atoms. The average Bonchev–Trinajstić information content (AvgIpc) is 2.85. The minimum Gasteiger partial charge on any atom is -0.322 e. The average molecular weight is 568 g/mol. The lowest BCUT2D eigenvalue weighted by Gasteiger charge is -2.12. The maximum absolute atomic E-state index is 13.2. The van der Waals surface area contributed by atoms with E-state index in [1.54, 1.807) is 48.5 Å². The Morgan fingerprint density at radius 1 is 0.771 bits per heavy atom. The molecule has 176 valence electrons. The molecule has 0 heterocycles. The van der Waals surface area contributed by atoms with Gasteiger partial charge in [-0.2, -0.15) is 0 Å². The standard InChI is InChI=1S/C27H20BrClN2O3S/c28-21-10-12-23(13-11-21)31-35(33,34)24-16-14-22(15-17-24)30-27(32)25(19-6-2-1-3-7-19)18-20-8-4-5-9-26(20)29/h1-18,31H,(H,30,32)/b25-18+. The molecule has 0 atom stereocenters. The van der Waals surface area contributed by atoms with E-state index in [1.807, 2.05) is 48.5 Å². The maximum atomic E-state index is 13.2. The molecule has 4 aromatic carbocycles. The number of hydrogen-bond acceptors (Lipinski definition) is 3. The molecule has 0 aromatic heterocycles. The molecule has 4 rings (SSSR count). The fraction of sp³-hybridized carbons (Fsp3) is 0. The Hall–Kier alpha value is -3.39. The highest BCUT2D eigenvalue weighted by Crippen LogP contribution is 2.25. The largest absolute Gasteiger partial charge is 0.322 e. The van der Waals surface area contributed by atoms with E-state index in [0.717, 1.165) is 10.0 Å². The normalized spacial score (nSPS) is 11.7. The fourth-order valence-corrected chi connectivity index (χ4v) is 4.81. The first-order chi connectivity index (χ1) is 16.8. The highest BCUT2D eigenvalue weighted by Gasteiger charge is 2.16. The van der Waals surface area contributed by atoms with Crippen LogP contribution in [-0.2, 0) is 14.8 Å². The first-order valence-corrected chi connectivity index (χ1v) is 13.2. The van der Waals surface area contributed by atoms with Gasteiger partial charge in [-0.05, 0) is 71.8 Å². The summed E-state index contributed by atoms with van der Waals surface area (Å²) in [6.07, 6.45) is 1.73. The second-order valence-electron chi connectivity index (χ2n) is 7.54. The maximum Gasteiger partial charge on any atom is 0.261 e. The molecule has 5 nitrogen and oxygen atoms in total. The number of carbonyl (C=O) groups excluding carboxylic acids is 1. The molecule has 8 heteroatoms. The summed E-state index contributed by atoms with van der Waals surface area (Å²) >= 11 is 9.63. The van der Waals surface area contributed by atoms with Crippen molar-refractivity contribution in [1.29, 1.82) is 0 Å². The minimum atomic E-state index is -3.78. The van der Waals surface area contributed by atoms with Crippen LogP contribution in [0.15, 0.2) is 112 Å². The highest BCUT2D eigenvalue weighted by atomic mass is 79.9. The van der Waals surface area contributed by atoms with Gasteiger partial charge in [-0.3, -0.25) is 9.52 Å². The van der Waals surface area contributed by atoms with Crippen molar-refractivity contribution in [2.45, 2.75) is 4.90 Å². The zero-order valence-electron chi connectivity index (χ0n) is 18.3. The van der Waals surface area contributed by atoms with Crippen LogP contribution in [0.2, 0.25) is 5.02 Å². The van der Waals surface area contributed by atoms with Crippen molar-refractivity contribution in [1.82, 2.24) is 0 Å². The first-order valence-electron chi connectivity index (χ1n) is 10.5. The third-order valence-electron chi connectivity index (χ3n) is 5.05. The summed E-state index contributed by atoms with van der Waals surface area (Å²) in [6.45, 7) is 0. The van der Waals surface area contributed by atoms with Gasteiger partial charge in [0, 0.05) is 26.4 Å². The second kappa shape index (κ2) is 10.9. The van der Waals surface area contributed by atoms with Crippen molar-refractivity contribution in [2.75, 3.05) is 10.0 Å². The number of amides is 1. The van der Waals surface area contributed by atoms with Gasteiger partial charge in [-0.25, -0.2) is 8.42 Å². The lowest BCUT2D eigenvalue weighted by atomic mass is 10.0. The van der Waals surface area contributed by atoms with E-state index in [-0.39, 0.29) is 10.8 Å². The number of benzene rings is 4. The van der Waals surface area contributed by atoms with Crippen LogP contribution < -0.4 is 10.0 Å². The topological polar surface area (TPSA) is 75.3 Å². The molecule has 0 aliphatic carbocycles. The lowest BCUT2D eigenvalue weighted by molar-refractivity contribution is -0.111. The summed E-state index contributed by atoms with van der Waals surface area (Å²) < 4.78 is 28.8. The highest BCUT2D eigenvalue weighted by molar-refractivity contribution is 9.10. The SMILES string of the molecule is O=C(Nc1ccc(S(=O)(=O)Nc2ccc(Br)cc2)cc1)/C(=C/c1ccccc1Cl)c1ccccc1. The Morgan fingerprint density at radius 3 is 2.03 bits per heavy atom. The van der Waals surface area contributed by atoms with Gasteiger partial charge in [0.1, 0.15) is 0 Å². The van der Waals surface area contributed by atoms with Crippen LogP contribution in [0, 0.1) is 0 Å². The Morgan fingerprint density at radius 2 is 1.37 bits per heavy atom. The summed E-state index contributed by atoms with van der Waals surface area (Å²) in [7, 11) is -3.78. The van der Waals surface area contributed by atoms with Crippen molar-refractivity contribution >= 4 is 66.5 Å². The van der Waals surface area contributed by atoms with Crippen LogP contribution in [0.4, 0.5) is 11.4 Å². The smallest absolute Gasteiger partial charge is 0.261 e. The van der Waals surface area contributed by atoms with Crippen LogP contribution in [0.5, 0.6) is 0 Å². The molecule has 4 aromatic rings. The Labute approximate surface area is 217 Å². The van der Waals surface area contributed by atoms with Crippen molar-refractivity contribution in [3.05, 3.63) is 124 Å². The summed E-state index contributed by atoms with van der Waals surface area (Å²) in [5, 5.41) is 3.37. The van der Waals surface area contributed by atoms with Gasteiger partial charge < -0.3 is 5.32 Å². The van der Waals surface area contributed by atoms with Crippen LogP contribution in [0.3, 0.4) is 0 Å². The molecule has 0 saturated heterocycles. The minimum absolute atomic E-state index is 0.0771. The molecule has 0 fully saturated rings. The number of halogens is 2. The number of sulfonamides is 1. The Kier molecular flexibility index (Phi) is 7.70. The Balaban J connectivity index is 1.56. The monoisotopic (exact) mass is 566 g/mol. The molecule has 0 saturated carbocycles. The van der Waals surface area contributed by atoms with Crippen LogP contribution in [0.1, 0.15) is 11.1 Å². The van der Waals surface area contributed by atoms with Crippen molar-refractivity contribution in [2.24, 2.45) is 0 Å². The molecule has 0 spiro atoms. The lowest BCUT2D eigenvalue weighted by Crippen LogP contribution is -2.15. The van der Waals surface area contributed by atoms with Crippen molar-refractivity contribution in [3.8, 4) is 0 Å². The van der Waals surface area contributed by atoms with E-state index in [9.17, 15) is 13.2 Å².